The van der Waals surface area contributed by atoms with Crippen LogP contribution in [-0.2, 0) is 17.0 Å². The van der Waals surface area contributed by atoms with Gasteiger partial charge in [-0.25, -0.2) is 4.79 Å². The van der Waals surface area contributed by atoms with Crippen molar-refractivity contribution < 1.29 is 14.1 Å². The van der Waals surface area contributed by atoms with E-state index in [-0.39, 0.29) is 11.7 Å². The third-order valence-electron chi connectivity index (χ3n) is 3.90. The number of carbonyl (C=O) groups is 1. The largest absolute Gasteiger partial charge is 0.440 e. The van der Waals surface area contributed by atoms with Crippen molar-refractivity contribution in [1.29, 1.82) is 0 Å². The van der Waals surface area contributed by atoms with Gasteiger partial charge in [-0.3, -0.25) is 4.90 Å². The van der Waals surface area contributed by atoms with Crippen LogP contribution in [0.15, 0.2) is 4.52 Å². The van der Waals surface area contributed by atoms with Crippen molar-refractivity contribution in [1.82, 2.24) is 19.9 Å². The fourth-order valence-electron chi connectivity index (χ4n) is 3.06. The minimum Gasteiger partial charge on any atom is -0.440 e. The number of nitrogens with zero attached hydrogens (tertiary/aromatic N) is 4. The zero-order valence-corrected chi connectivity index (χ0v) is 13.2. The van der Waals surface area contributed by atoms with Crippen LogP contribution >= 0.6 is 11.8 Å². The molecule has 0 bridgehead atoms. The van der Waals surface area contributed by atoms with Crippen molar-refractivity contribution in [2.24, 2.45) is 0 Å². The smallest absolute Gasteiger partial charge is 0.410 e. The molecular formula is C13H20N4O3S. The van der Waals surface area contributed by atoms with Crippen molar-refractivity contribution >= 4 is 17.9 Å². The molecule has 0 N–H and O–H groups in total. The van der Waals surface area contributed by atoms with Crippen LogP contribution in [0.4, 0.5) is 4.79 Å². The van der Waals surface area contributed by atoms with Gasteiger partial charge in [0.2, 0.25) is 5.89 Å². The van der Waals surface area contributed by atoms with Crippen LogP contribution in [-0.4, -0.2) is 64.6 Å². The van der Waals surface area contributed by atoms with E-state index in [2.05, 4.69) is 15.0 Å². The van der Waals surface area contributed by atoms with Crippen LogP contribution in [0.3, 0.4) is 0 Å². The lowest BCUT2D eigenvalue weighted by atomic mass is 9.93. The van der Waals surface area contributed by atoms with Crippen LogP contribution < -0.4 is 0 Å². The molecule has 3 heterocycles. The van der Waals surface area contributed by atoms with E-state index in [0.29, 0.717) is 19.0 Å². The number of aromatic nitrogens is 2. The number of piperidine rings is 1. The van der Waals surface area contributed by atoms with Gasteiger partial charge >= 0.3 is 6.09 Å². The van der Waals surface area contributed by atoms with Gasteiger partial charge in [0.25, 0.3) is 0 Å². The second-order valence-corrected chi connectivity index (χ2v) is 6.62. The summed E-state index contributed by atoms with van der Waals surface area (Å²) in [5, 5.41) is 3.96. The third-order valence-corrected chi connectivity index (χ3v) is 4.45. The van der Waals surface area contributed by atoms with E-state index in [0.717, 1.165) is 37.5 Å². The molecule has 1 aromatic rings. The lowest BCUT2D eigenvalue weighted by Crippen LogP contribution is -2.50. The fraction of sp³-hybridized carbons (Fsp3) is 0.769. The molecule has 0 aliphatic carbocycles. The first-order chi connectivity index (χ1) is 10.1. The zero-order chi connectivity index (χ0) is 14.9. The summed E-state index contributed by atoms with van der Waals surface area (Å²) in [4.78, 5) is 19.9. The zero-order valence-electron chi connectivity index (χ0n) is 12.4. The topological polar surface area (TPSA) is 71.7 Å². The Morgan fingerprint density at radius 1 is 1.43 bits per heavy atom. The molecule has 8 heteroatoms. The number of rotatable bonds is 4. The van der Waals surface area contributed by atoms with Gasteiger partial charge in [0.05, 0.1) is 18.8 Å². The highest BCUT2D eigenvalue weighted by atomic mass is 32.2. The molecule has 1 aromatic heterocycles. The summed E-state index contributed by atoms with van der Waals surface area (Å²) in [7, 11) is 1.78. The Morgan fingerprint density at radius 2 is 2.29 bits per heavy atom. The Hall–Kier alpha value is -1.28. The van der Waals surface area contributed by atoms with Crippen molar-refractivity contribution in [3.05, 3.63) is 11.7 Å². The Bertz CT molecular complexity index is 523. The van der Waals surface area contributed by atoms with E-state index in [4.69, 9.17) is 9.26 Å². The molecule has 2 aliphatic rings. The van der Waals surface area contributed by atoms with E-state index in [1.807, 2.05) is 6.26 Å². The molecule has 2 fully saturated rings. The van der Waals surface area contributed by atoms with Crippen molar-refractivity contribution in [3.63, 3.8) is 0 Å². The number of amides is 1. The minimum atomic E-state index is -0.369. The van der Waals surface area contributed by atoms with Crippen LogP contribution in [0.2, 0.25) is 0 Å². The summed E-state index contributed by atoms with van der Waals surface area (Å²) in [6.45, 7) is 2.96. The van der Waals surface area contributed by atoms with Gasteiger partial charge in [0.1, 0.15) is 5.60 Å². The molecule has 0 radical (unpaired) electrons. The maximum Gasteiger partial charge on any atom is 0.410 e. The molecule has 2 saturated heterocycles. The standard InChI is InChI=1S/C13H20N4O3S/c1-16-8-13(19-12(16)18)4-3-5-17(9-13)6-11-14-10(7-21-2)15-20-11/h3-9H2,1-2H3/t13-/m0/s1. The van der Waals surface area contributed by atoms with E-state index in [1.54, 1.807) is 23.7 Å². The van der Waals surface area contributed by atoms with Gasteiger partial charge in [-0.05, 0) is 25.6 Å². The molecule has 0 unspecified atom stereocenters. The maximum absolute atomic E-state index is 11.6. The molecule has 7 nitrogen and oxygen atoms in total. The summed E-state index contributed by atoms with van der Waals surface area (Å²) >= 11 is 1.67. The molecule has 0 saturated carbocycles. The van der Waals surface area contributed by atoms with E-state index < -0.39 is 0 Å². The van der Waals surface area contributed by atoms with Gasteiger partial charge < -0.3 is 14.2 Å². The molecule has 21 heavy (non-hydrogen) atoms. The number of ether oxygens (including phenoxy) is 1. The van der Waals surface area contributed by atoms with Crippen LogP contribution in [0.25, 0.3) is 0 Å². The SMILES string of the molecule is CSCc1noc(CN2CCC[C@@]3(C2)CN(C)C(=O)O3)n1. The van der Waals surface area contributed by atoms with E-state index in [1.165, 1.54) is 0 Å². The van der Waals surface area contributed by atoms with Crippen LogP contribution in [0, 0.1) is 0 Å². The molecule has 1 spiro atoms. The molecule has 1 amide bonds. The average molecular weight is 312 g/mol. The van der Waals surface area contributed by atoms with E-state index in [9.17, 15) is 4.79 Å². The predicted octanol–water partition coefficient (Wildman–Crippen LogP) is 1.35. The Morgan fingerprint density at radius 3 is 3.00 bits per heavy atom. The normalized spacial score (nSPS) is 26.6. The molecule has 2 aliphatic heterocycles. The maximum atomic E-state index is 11.6. The Kier molecular flexibility index (Phi) is 4.08. The van der Waals surface area contributed by atoms with Crippen LogP contribution in [0.1, 0.15) is 24.6 Å². The monoisotopic (exact) mass is 312 g/mol. The number of carbonyl (C=O) groups excluding carboxylic acids is 1. The number of likely N-dealkylation sites (tertiary alicyclic amines) is 1. The second-order valence-electron chi connectivity index (χ2n) is 5.76. The quantitative estimate of drug-likeness (QED) is 0.831. The first-order valence-electron chi connectivity index (χ1n) is 7.07. The van der Waals surface area contributed by atoms with Gasteiger partial charge in [-0.1, -0.05) is 5.16 Å². The summed E-state index contributed by atoms with van der Waals surface area (Å²) < 4.78 is 10.9. The predicted molar refractivity (Wildman–Crippen MR) is 77.9 cm³/mol. The lowest BCUT2D eigenvalue weighted by molar-refractivity contribution is -0.0139. The van der Waals surface area contributed by atoms with Crippen molar-refractivity contribution in [2.45, 2.75) is 30.7 Å². The minimum absolute atomic E-state index is 0.225. The highest BCUT2D eigenvalue weighted by Crippen LogP contribution is 2.31. The lowest BCUT2D eigenvalue weighted by Gasteiger charge is -2.37. The molecular weight excluding hydrogens is 292 g/mol. The van der Waals surface area contributed by atoms with Crippen molar-refractivity contribution in [3.8, 4) is 0 Å². The number of likely N-dealkylation sites (N-methyl/N-ethyl adjacent to an activating group) is 1. The van der Waals surface area contributed by atoms with Gasteiger partial charge in [-0.15, -0.1) is 0 Å². The second kappa shape index (κ2) is 5.84. The van der Waals surface area contributed by atoms with Crippen molar-refractivity contribution in [2.75, 3.05) is 32.9 Å². The van der Waals surface area contributed by atoms with Gasteiger partial charge in [0, 0.05) is 13.6 Å². The highest BCUT2D eigenvalue weighted by Gasteiger charge is 2.46. The summed E-state index contributed by atoms with van der Waals surface area (Å²) in [6.07, 6.45) is 3.71. The fourth-order valence-corrected chi connectivity index (χ4v) is 3.44. The van der Waals surface area contributed by atoms with Crippen LogP contribution in [0.5, 0.6) is 0 Å². The Labute approximate surface area is 128 Å². The molecule has 116 valence electrons. The first kappa shape index (κ1) is 14.6. The molecule has 0 aromatic carbocycles. The molecule has 1 atom stereocenters. The number of hydrogen-bond acceptors (Lipinski definition) is 7. The third kappa shape index (κ3) is 3.16. The first-order valence-corrected chi connectivity index (χ1v) is 8.46. The van der Waals surface area contributed by atoms with Gasteiger partial charge in [0.15, 0.2) is 5.82 Å². The number of hydrogen-bond donors (Lipinski definition) is 0. The van der Waals surface area contributed by atoms with Gasteiger partial charge in [-0.2, -0.15) is 16.7 Å². The summed E-state index contributed by atoms with van der Waals surface area (Å²) in [5.74, 6) is 2.13. The Balaban J connectivity index is 1.62. The summed E-state index contributed by atoms with van der Waals surface area (Å²) in [5.41, 5.74) is -0.369. The van der Waals surface area contributed by atoms with E-state index >= 15 is 0 Å². The average Bonchev–Trinajstić information content (AvgIpc) is 2.96. The summed E-state index contributed by atoms with van der Waals surface area (Å²) in [6, 6.07) is 0. The molecule has 3 rings (SSSR count). The highest BCUT2D eigenvalue weighted by molar-refractivity contribution is 7.97. The number of thioether (sulfide) groups is 1.